The molecule has 24 heavy (non-hydrogen) atoms. The molecule has 0 N–H and O–H groups in total. The number of nitrogens with zero attached hydrogens (tertiary/aromatic N) is 1. The molecule has 0 heterocycles. The van der Waals surface area contributed by atoms with Crippen LogP contribution in [0.15, 0.2) is 30.3 Å². The van der Waals surface area contributed by atoms with Crippen molar-refractivity contribution in [3.8, 4) is 0 Å². The minimum atomic E-state index is -2.04. The third kappa shape index (κ3) is 3.25. The third-order valence-corrected chi connectivity index (χ3v) is 3.75. The van der Waals surface area contributed by atoms with Crippen molar-refractivity contribution in [1.82, 2.24) is 4.90 Å². The predicted molar refractivity (Wildman–Crippen MR) is 77.8 cm³/mol. The molecule has 0 saturated carbocycles. The molecule has 128 valence electrons. The molecule has 0 radical (unpaired) electrons. The van der Waals surface area contributed by atoms with Crippen molar-refractivity contribution in [1.29, 1.82) is 0 Å². The van der Waals surface area contributed by atoms with Crippen LogP contribution in [0.3, 0.4) is 0 Å². The van der Waals surface area contributed by atoms with E-state index in [0.717, 1.165) is 4.90 Å². The number of carbonyl (C=O) groups excluding carboxylic acids is 1. The molecule has 2 aromatic carbocycles. The summed E-state index contributed by atoms with van der Waals surface area (Å²) < 4.78 is 66.5. The van der Waals surface area contributed by atoms with Crippen LogP contribution < -0.4 is 0 Å². The molecule has 1 atom stereocenters. The molecule has 0 aliphatic carbocycles. The van der Waals surface area contributed by atoms with Gasteiger partial charge in [-0.15, -0.1) is 0 Å². The van der Waals surface area contributed by atoms with Crippen LogP contribution >= 0.6 is 0 Å². The zero-order valence-corrected chi connectivity index (χ0v) is 12.9. The largest absolute Gasteiger partial charge is 0.332 e. The van der Waals surface area contributed by atoms with Gasteiger partial charge in [-0.3, -0.25) is 4.79 Å². The van der Waals surface area contributed by atoms with E-state index >= 15 is 0 Å². The minimum Gasteiger partial charge on any atom is -0.332 e. The zero-order chi connectivity index (χ0) is 18.0. The highest BCUT2D eigenvalue weighted by Crippen LogP contribution is 2.25. The fourth-order valence-corrected chi connectivity index (χ4v) is 2.40. The molecule has 0 saturated heterocycles. The van der Waals surface area contributed by atoms with E-state index in [-0.39, 0.29) is 6.54 Å². The zero-order valence-electron chi connectivity index (χ0n) is 12.9. The van der Waals surface area contributed by atoms with Crippen LogP contribution in [-0.2, 0) is 0 Å². The molecule has 0 aliphatic heterocycles. The Morgan fingerprint density at radius 3 is 2.12 bits per heavy atom. The highest BCUT2D eigenvalue weighted by atomic mass is 19.2. The monoisotopic (exact) mass is 343 g/mol. The third-order valence-electron chi connectivity index (χ3n) is 3.75. The quantitative estimate of drug-likeness (QED) is 0.451. The van der Waals surface area contributed by atoms with E-state index in [9.17, 15) is 26.7 Å². The van der Waals surface area contributed by atoms with Crippen molar-refractivity contribution in [2.45, 2.75) is 19.9 Å². The van der Waals surface area contributed by atoms with E-state index in [4.69, 9.17) is 0 Å². The lowest BCUT2D eigenvalue weighted by molar-refractivity contribution is 0.0695. The van der Waals surface area contributed by atoms with E-state index in [2.05, 4.69) is 0 Å². The maximum Gasteiger partial charge on any atom is 0.257 e. The first-order valence-corrected chi connectivity index (χ1v) is 7.17. The Balaban J connectivity index is 2.41. The molecule has 7 heteroatoms. The normalized spacial score (nSPS) is 12.1. The van der Waals surface area contributed by atoms with E-state index in [1.807, 2.05) is 0 Å². The summed E-state index contributed by atoms with van der Waals surface area (Å²) >= 11 is 0. The number of amides is 1. The van der Waals surface area contributed by atoms with Crippen LogP contribution in [0.1, 0.15) is 35.8 Å². The molecule has 2 nitrogen and oxygen atoms in total. The maximum absolute atomic E-state index is 13.8. The van der Waals surface area contributed by atoms with Crippen LogP contribution in [0.4, 0.5) is 22.0 Å². The highest BCUT2D eigenvalue weighted by molar-refractivity contribution is 5.94. The Hall–Kier alpha value is -2.44. The van der Waals surface area contributed by atoms with Crippen molar-refractivity contribution in [3.63, 3.8) is 0 Å². The van der Waals surface area contributed by atoms with E-state index in [1.54, 1.807) is 13.8 Å². The summed E-state index contributed by atoms with van der Waals surface area (Å²) in [4.78, 5) is 13.6. The van der Waals surface area contributed by atoms with Gasteiger partial charge in [0.05, 0.1) is 11.6 Å². The van der Waals surface area contributed by atoms with Crippen molar-refractivity contribution < 1.29 is 26.7 Å². The summed E-state index contributed by atoms with van der Waals surface area (Å²) in [6.07, 6.45) is 0. The first kappa shape index (κ1) is 17.9. The van der Waals surface area contributed by atoms with Gasteiger partial charge >= 0.3 is 0 Å². The molecule has 2 rings (SSSR count). The molecular weight excluding hydrogens is 329 g/mol. The first-order chi connectivity index (χ1) is 11.3. The van der Waals surface area contributed by atoms with Crippen molar-refractivity contribution in [2.75, 3.05) is 6.54 Å². The summed E-state index contributed by atoms with van der Waals surface area (Å²) in [5, 5.41) is 0. The van der Waals surface area contributed by atoms with Crippen molar-refractivity contribution in [2.24, 2.45) is 0 Å². The second kappa shape index (κ2) is 6.98. The van der Waals surface area contributed by atoms with Crippen LogP contribution in [0.25, 0.3) is 0 Å². The Morgan fingerprint density at radius 1 is 1.00 bits per heavy atom. The molecule has 0 bridgehead atoms. The van der Waals surface area contributed by atoms with Gasteiger partial charge in [0.2, 0.25) is 0 Å². The molecule has 0 aromatic heterocycles. The lowest BCUT2D eigenvalue weighted by Crippen LogP contribution is -2.34. The molecule has 1 unspecified atom stereocenters. The number of hydrogen-bond acceptors (Lipinski definition) is 1. The smallest absolute Gasteiger partial charge is 0.257 e. The SMILES string of the molecule is CCN(C(=O)c1cc(F)c(F)c(F)c1F)C(C)c1ccc(F)cc1. The van der Waals surface area contributed by atoms with Crippen LogP contribution in [0.5, 0.6) is 0 Å². The summed E-state index contributed by atoms with van der Waals surface area (Å²) in [6.45, 7) is 3.28. The molecule has 0 spiro atoms. The average Bonchev–Trinajstić information content (AvgIpc) is 2.57. The topological polar surface area (TPSA) is 20.3 Å². The fourth-order valence-electron chi connectivity index (χ4n) is 2.40. The van der Waals surface area contributed by atoms with Gasteiger partial charge in [-0.25, -0.2) is 22.0 Å². The first-order valence-electron chi connectivity index (χ1n) is 7.17. The summed E-state index contributed by atoms with van der Waals surface area (Å²) in [5.41, 5.74) is -0.350. The van der Waals surface area contributed by atoms with Gasteiger partial charge in [0.1, 0.15) is 5.82 Å². The van der Waals surface area contributed by atoms with Gasteiger partial charge in [-0.05, 0) is 37.6 Å². The van der Waals surface area contributed by atoms with Crippen LogP contribution in [-0.4, -0.2) is 17.4 Å². The van der Waals surface area contributed by atoms with Crippen LogP contribution in [0.2, 0.25) is 0 Å². The summed E-state index contributed by atoms with van der Waals surface area (Å²) in [5.74, 6) is -8.87. The number of hydrogen-bond donors (Lipinski definition) is 0. The average molecular weight is 343 g/mol. The summed E-state index contributed by atoms with van der Waals surface area (Å²) in [7, 11) is 0. The number of rotatable bonds is 4. The Morgan fingerprint density at radius 2 is 1.58 bits per heavy atom. The summed E-state index contributed by atoms with van der Waals surface area (Å²) in [6, 6.07) is 5.00. The van der Waals surface area contributed by atoms with E-state index in [0.29, 0.717) is 11.6 Å². The molecular formula is C17H14F5NO. The Bertz CT molecular complexity index is 761. The number of benzene rings is 2. The molecule has 0 aliphatic rings. The predicted octanol–water partition coefficient (Wildman–Crippen LogP) is 4.61. The number of halogens is 5. The minimum absolute atomic E-state index is 0.0947. The van der Waals surface area contributed by atoms with E-state index in [1.165, 1.54) is 24.3 Å². The second-order valence-electron chi connectivity index (χ2n) is 5.17. The fraction of sp³-hybridized carbons (Fsp3) is 0.235. The Labute approximate surface area is 135 Å². The molecule has 0 fully saturated rings. The molecule has 1 amide bonds. The van der Waals surface area contributed by atoms with E-state index < -0.39 is 46.6 Å². The highest BCUT2D eigenvalue weighted by Gasteiger charge is 2.28. The van der Waals surface area contributed by atoms with Crippen LogP contribution in [0, 0.1) is 29.1 Å². The van der Waals surface area contributed by atoms with Gasteiger partial charge in [0, 0.05) is 6.54 Å². The van der Waals surface area contributed by atoms with Gasteiger partial charge in [-0.1, -0.05) is 12.1 Å². The lowest BCUT2D eigenvalue weighted by Gasteiger charge is -2.28. The van der Waals surface area contributed by atoms with Crippen molar-refractivity contribution >= 4 is 5.91 Å². The standard InChI is InChI=1S/C17H14F5NO/c1-3-23(9(2)10-4-6-11(18)7-5-10)17(24)12-8-13(19)15(21)16(22)14(12)20/h4-9H,3H2,1-2H3. The van der Waals surface area contributed by atoms with Gasteiger partial charge in [0.15, 0.2) is 23.3 Å². The van der Waals surface area contributed by atoms with Gasteiger partial charge in [-0.2, -0.15) is 0 Å². The maximum atomic E-state index is 13.8. The lowest BCUT2D eigenvalue weighted by atomic mass is 10.0. The number of carbonyl (C=O) groups is 1. The Kier molecular flexibility index (Phi) is 5.21. The van der Waals surface area contributed by atoms with Crippen molar-refractivity contribution in [3.05, 3.63) is 70.5 Å². The van der Waals surface area contributed by atoms with Gasteiger partial charge in [0.25, 0.3) is 5.91 Å². The second-order valence-corrected chi connectivity index (χ2v) is 5.17. The van der Waals surface area contributed by atoms with Gasteiger partial charge < -0.3 is 4.90 Å². The molecule has 2 aromatic rings.